The van der Waals surface area contributed by atoms with Crippen LogP contribution in [0.5, 0.6) is 5.75 Å². The van der Waals surface area contributed by atoms with E-state index < -0.39 is 6.09 Å². The van der Waals surface area contributed by atoms with Crippen molar-refractivity contribution >= 4 is 40.2 Å². The predicted octanol–water partition coefficient (Wildman–Crippen LogP) is 8.46. The maximum Gasteiger partial charge on any atom is 0.411 e. The third-order valence-corrected chi connectivity index (χ3v) is 8.33. The van der Waals surface area contributed by atoms with Crippen LogP contribution in [0.2, 0.25) is 0 Å². The van der Waals surface area contributed by atoms with Gasteiger partial charge < -0.3 is 24.8 Å². The van der Waals surface area contributed by atoms with Crippen LogP contribution in [-0.4, -0.2) is 74.8 Å². The molecule has 2 aromatic carbocycles. The number of hydrogen-bond acceptors (Lipinski definition) is 7. The van der Waals surface area contributed by atoms with Gasteiger partial charge in [-0.2, -0.15) is 0 Å². The standard InChI is InChI=1S/C35H57N3O5S/c1-6-7-8-9-10-11-12-13-14-15-22-42-23-17-20-36-34(40)29-25-31(44-24-21-38(4)5)32-28(33(29)39)18-16-19-30(32)37-35(41)43-26-27(2)3/h16,18-19,25,27,39H,6-15,17,20-24,26H2,1-5H3,(H,36,40)(H,37,41). The predicted molar refractivity (Wildman–Crippen MR) is 184 cm³/mol. The van der Waals surface area contributed by atoms with Crippen LogP contribution in [-0.2, 0) is 9.47 Å². The summed E-state index contributed by atoms with van der Waals surface area (Å²) in [5, 5.41) is 18.1. The third kappa shape index (κ3) is 14.5. The van der Waals surface area contributed by atoms with Crippen LogP contribution in [0.3, 0.4) is 0 Å². The molecule has 2 rings (SSSR count). The van der Waals surface area contributed by atoms with Gasteiger partial charge in [-0.3, -0.25) is 10.1 Å². The Kier molecular flexibility index (Phi) is 18.9. The van der Waals surface area contributed by atoms with Crippen LogP contribution >= 0.6 is 11.8 Å². The molecule has 0 radical (unpaired) electrons. The van der Waals surface area contributed by atoms with Crippen LogP contribution in [0, 0.1) is 5.92 Å². The van der Waals surface area contributed by atoms with E-state index >= 15 is 0 Å². The number of thioether (sulfide) groups is 1. The van der Waals surface area contributed by atoms with Crippen LogP contribution in [0.25, 0.3) is 10.8 Å². The highest BCUT2D eigenvalue weighted by molar-refractivity contribution is 7.99. The fourth-order valence-electron chi connectivity index (χ4n) is 4.81. The first kappa shape index (κ1) is 37.7. The molecule has 248 valence electrons. The van der Waals surface area contributed by atoms with Crippen molar-refractivity contribution in [3.05, 3.63) is 29.8 Å². The van der Waals surface area contributed by atoms with Gasteiger partial charge in [-0.15, -0.1) is 11.8 Å². The van der Waals surface area contributed by atoms with E-state index in [0.29, 0.717) is 42.6 Å². The molecule has 0 spiro atoms. The highest BCUT2D eigenvalue weighted by Gasteiger charge is 2.20. The molecular weight excluding hydrogens is 574 g/mol. The maximum absolute atomic E-state index is 13.2. The van der Waals surface area contributed by atoms with E-state index in [4.69, 9.17) is 9.47 Å². The summed E-state index contributed by atoms with van der Waals surface area (Å²) in [6, 6.07) is 7.02. The number of aromatic hydroxyl groups is 1. The first-order valence-electron chi connectivity index (χ1n) is 16.6. The molecule has 0 fully saturated rings. The zero-order valence-corrected chi connectivity index (χ0v) is 28.7. The van der Waals surface area contributed by atoms with Crippen molar-refractivity contribution in [1.82, 2.24) is 10.2 Å². The van der Waals surface area contributed by atoms with E-state index in [2.05, 4.69) is 22.5 Å². The number of hydrogen-bond donors (Lipinski definition) is 3. The Hall–Kier alpha value is -2.49. The first-order valence-corrected chi connectivity index (χ1v) is 17.6. The van der Waals surface area contributed by atoms with E-state index in [0.717, 1.165) is 30.2 Å². The summed E-state index contributed by atoms with van der Waals surface area (Å²) in [5.41, 5.74) is 0.751. The Morgan fingerprint density at radius 1 is 0.955 bits per heavy atom. The number of rotatable bonds is 23. The number of ether oxygens (including phenoxy) is 2. The zero-order valence-electron chi connectivity index (χ0n) is 27.8. The van der Waals surface area contributed by atoms with Crippen LogP contribution in [0.1, 0.15) is 102 Å². The Bertz CT molecular complexity index is 1130. The van der Waals surface area contributed by atoms with Crippen molar-refractivity contribution in [3.63, 3.8) is 0 Å². The van der Waals surface area contributed by atoms with Gasteiger partial charge in [-0.25, -0.2) is 4.79 Å². The molecule has 3 N–H and O–H groups in total. The molecule has 44 heavy (non-hydrogen) atoms. The maximum atomic E-state index is 13.2. The van der Waals surface area contributed by atoms with Crippen molar-refractivity contribution in [2.75, 3.05) is 58.1 Å². The lowest BCUT2D eigenvalue weighted by molar-refractivity contribution is 0.0937. The Labute approximate surface area is 270 Å². The van der Waals surface area contributed by atoms with Gasteiger partial charge in [0.1, 0.15) is 5.75 Å². The molecule has 0 aliphatic carbocycles. The Morgan fingerprint density at radius 2 is 1.61 bits per heavy atom. The highest BCUT2D eigenvalue weighted by Crippen LogP contribution is 2.40. The van der Waals surface area contributed by atoms with E-state index in [1.54, 1.807) is 36.0 Å². The zero-order chi connectivity index (χ0) is 32.2. The van der Waals surface area contributed by atoms with Gasteiger partial charge in [0.05, 0.1) is 17.9 Å². The topological polar surface area (TPSA) is 100 Å². The lowest BCUT2D eigenvalue weighted by Crippen LogP contribution is -2.25. The van der Waals surface area contributed by atoms with Gasteiger partial charge in [0.15, 0.2) is 0 Å². The van der Waals surface area contributed by atoms with Crippen molar-refractivity contribution in [2.45, 2.75) is 96.3 Å². The van der Waals surface area contributed by atoms with Crippen LogP contribution in [0.4, 0.5) is 10.5 Å². The summed E-state index contributed by atoms with van der Waals surface area (Å²) in [6.45, 7) is 9.15. The second-order valence-corrected chi connectivity index (χ2v) is 13.3. The summed E-state index contributed by atoms with van der Waals surface area (Å²) in [4.78, 5) is 28.5. The summed E-state index contributed by atoms with van der Waals surface area (Å²) in [5.74, 6) is 0.553. The molecule has 0 aliphatic rings. The van der Waals surface area contributed by atoms with Gasteiger partial charge in [-0.1, -0.05) is 90.7 Å². The lowest BCUT2D eigenvalue weighted by Gasteiger charge is -2.17. The number of anilines is 1. The van der Waals surface area contributed by atoms with E-state index in [-0.39, 0.29) is 23.1 Å². The van der Waals surface area contributed by atoms with E-state index in [1.807, 2.05) is 27.9 Å². The Morgan fingerprint density at radius 3 is 2.27 bits per heavy atom. The summed E-state index contributed by atoms with van der Waals surface area (Å²) in [7, 11) is 4.01. The molecule has 0 atom stereocenters. The number of amides is 2. The number of carbonyl (C=O) groups excluding carboxylic acids is 2. The second-order valence-electron chi connectivity index (χ2n) is 12.2. The number of fused-ring (bicyclic) bond motifs is 1. The molecule has 2 aromatic rings. The SMILES string of the molecule is CCCCCCCCCCCCOCCCNC(=O)c1cc(SCCN(C)C)c2c(NC(=O)OCC(C)C)cccc2c1O. The molecule has 0 saturated carbocycles. The number of nitrogens with one attached hydrogen (secondary N) is 2. The number of benzene rings is 2. The smallest absolute Gasteiger partial charge is 0.411 e. The normalized spacial score (nSPS) is 11.4. The van der Waals surface area contributed by atoms with Gasteiger partial charge in [-0.05, 0) is 45.0 Å². The molecule has 0 saturated heterocycles. The van der Waals surface area contributed by atoms with Crippen molar-refractivity contribution in [3.8, 4) is 5.75 Å². The quantitative estimate of drug-likeness (QED) is 0.0836. The van der Waals surface area contributed by atoms with Gasteiger partial charge in [0.2, 0.25) is 0 Å². The minimum atomic E-state index is -0.549. The number of unbranched alkanes of at least 4 members (excludes halogenated alkanes) is 9. The van der Waals surface area contributed by atoms with Crippen LogP contribution in [0.15, 0.2) is 29.2 Å². The number of phenolic OH excluding ortho intramolecular Hbond substituents is 1. The molecule has 0 unspecified atom stereocenters. The van der Waals surface area contributed by atoms with E-state index in [9.17, 15) is 14.7 Å². The average molecular weight is 632 g/mol. The highest BCUT2D eigenvalue weighted by atomic mass is 32.2. The number of phenols is 1. The fraction of sp³-hybridized carbons (Fsp3) is 0.657. The lowest BCUT2D eigenvalue weighted by atomic mass is 10.0. The van der Waals surface area contributed by atoms with Gasteiger partial charge >= 0.3 is 6.09 Å². The largest absolute Gasteiger partial charge is 0.506 e. The molecule has 2 amide bonds. The molecule has 9 heteroatoms. The molecular formula is C35H57N3O5S. The summed E-state index contributed by atoms with van der Waals surface area (Å²) < 4.78 is 11.1. The molecule has 0 heterocycles. The molecule has 0 bridgehead atoms. The third-order valence-electron chi connectivity index (χ3n) is 7.31. The van der Waals surface area contributed by atoms with E-state index in [1.165, 1.54) is 57.8 Å². The number of nitrogens with zero attached hydrogens (tertiary/aromatic N) is 1. The second kappa shape index (κ2) is 22.1. The number of carbonyl (C=O) groups is 2. The summed E-state index contributed by atoms with van der Waals surface area (Å²) in [6.07, 6.45) is 13.2. The van der Waals surface area contributed by atoms with Gasteiger partial charge in [0, 0.05) is 47.7 Å². The molecule has 0 aromatic heterocycles. The van der Waals surface area contributed by atoms with Crippen molar-refractivity contribution in [1.29, 1.82) is 0 Å². The molecule has 0 aliphatic heterocycles. The average Bonchev–Trinajstić information content (AvgIpc) is 2.99. The van der Waals surface area contributed by atoms with Crippen molar-refractivity contribution in [2.24, 2.45) is 5.92 Å². The molecule has 8 nitrogen and oxygen atoms in total. The van der Waals surface area contributed by atoms with Crippen LogP contribution < -0.4 is 10.6 Å². The fourth-order valence-corrected chi connectivity index (χ4v) is 6.06. The monoisotopic (exact) mass is 631 g/mol. The first-order chi connectivity index (χ1) is 21.2. The minimum Gasteiger partial charge on any atom is -0.506 e. The Balaban J connectivity index is 1.90. The van der Waals surface area contributed by atoms with Gasteiger partial charge in [0.25, 0.3) is 5.91 Å². The summed E-state index contributed by atoms with van der Waals surface area (Å²) >= 11 is 1.58. The minimum absolute atomic E-state index is 0.106. The van der Waals surface area contributed by atoms with Crippen molar-refractivity contribution < 1.29 is 24.2 Å².